The van der Waals surface area contributed by atoms with E-state index in [0.29, 0.717) is 11.8 Å². The van der Waals surface area contributed by atoms with Crippen molar-refractivity contribution in [2.45, 2.75) is 32.6 Å². The minimum absolute atomic E-state index is 0.434. The summed E-state index contributed by atoms with van der Waals surface area (Å²) in [6.45, 7) is 7.36. The van der Waals surface area contributed by atoms with Gasteiger partial charge < -0.3 is 10.1 Å². The normalized spacial score (nSPS) is 20.1. The van der Waals surface area contributed by atoms with Crippen molar-refractivity contribution in [1.82, 2.24) is 5.32 Å². The Morgan fingerprint density at radius 2 is 2.28 bits per heavy atom. The van der Waals surface area contributed by atoms with Gasteiger partial charge in [-0.3, -0.25) is 0 Å². The number of nitrogens with one attached hydrogen (secondary N) is 1. The molecule has 1 aromatic rings. The van der Waals surface area contributed by atoms with E-state index < -0.39 is 0 Å². The first-order valence-electron chi connectivity index (χ1n) is 6.80. The van der Waals surface area contributed by atoms with Gasteiger partial charge in [-0.1, -0.05) is 25.4 Å². The third-order valence-corrected chi connectivity index (χ3v) is 3.70. The van der Waals surface area contributed by atoms with E-state index in [2.05, 4.69) is 19.2 Å². The van der Waals surface area contributed by atoms with Crippen molar-refractivity contribution in [2.24, 2.45) is 5.92 Å². The Morgan fingerprint density at radius 3 is 2.94 bits per heavy atom. The zero-order valence-corrected chi connectivity index (χ0v) is 12.0. The van der Waals surface area contributed by atoms with Crippen LogP contribution < -0.4 is 10.1 Å². The highest BCUT2D eigenvalue weighted by Crippen LogP contribution is 2.29. The highest BCUT2D eigenvalue weighted by Gasteiger charge is 2.15. The van der Waals surface area contributed by atoms with Crippen LogP contribution in [0.3, 0.4) is 0 Å². The molecule has 1 aromatic carbocycles. The first-order valence-corrected chi connectivity index (χ1v) is 7.17. The number of piperidine rings is 1. The van der Waals surface area contributed by atoms with Gasteiger partial charge in [-0.25, -0.2) is 0 Å². The van der Waals surface area contributed by atoms with Crippen LogP contribution in [-0.2, 0) is 0 Å². The second-order valence-corrected chi connectivity index (χ2v) is 5.80. The molecule has 2 rings (SSSR count). The summed E-state index contributed by atoms with van der Waals surface area (Å²) in [4.78, 5) is 0. The lowest BCUT2D eigenvalue weighted by Gasteiger charge is -2.24. The Morgan fingerprint density at radius 1 is 1.44 bits per heavy atom. The lowest BCUT2D eigenvalue weighted by atomic mass is 10.00. The number of rotatable bonds is 4. The van der Waals surface area contributed by atoms with Gasteiger partial charge in [0.25, 0.3) is 0 Å². The van der Waals surface area contributed by atoms with E-state index in [4.69, 9.17) is 16.3 Å². The summed E-state index contributed by atoms with van der Waals surface area (Å²) in [7, 11) is 0. The molecule has 0 aliphatic carbocycles. The van der Waals surface area contributed by atoms with Gasteiger partial charge in [0.1, 0.15) is 5.75 Å². The molecule has 1 atom stereocenters. The van der Waals surface area contributed by atoms with E-state index in [9.17, 15) is 0 Å². The fraction of sp³-hybridized carbons (Fsp3) is 0.600. The van der Waals surface area contributed by atoms with Crippen molar-refractivity contribution >= 4 is 11.6 Å². The van der Waals surface area contributed by atoms with Crippen molar-refractivity contribution in [2.75, 3.05) is 19.7 Å². The molecule has 3 heteroatoms. The fourth-order valence-corrected chi connectivity index (χ4v) is 2.56. The number of hydrogen-bond acceptors (Lipinski definition) is 2. The van der Waals surface area contributed by atoms with Gasteiger partial charge in [-0.2, -0.15) is 0 Å². The van der Waals surface area contributed by atoms with Crippen LogP contribution in [0.1, 0.15) is 38.2 Å². The van der Waals surface area contributed by atoms with Crippen molar-refractivity contribution in [3.63, 3.8) is 0 Å². The molecule has 1 aliphatic heterocycles. The summed E-state index contributed by atoms with van der Waals surface area (Å²) in [6.07, 6.45) is 2.52. The highest BCUT2D eigenvalue weighted by atomic mass is 35.5. The molecule has 1 aliphatic rings. The summed E-state index contributed by atoms with van der Waals surface area (Å²) in [5, 5.41) is 4.20. The molecular weight excluding hydrogens is 246 g/mol. The maximum Gasteiger partial charge on any atom is 0.122 e. The van der Waals surface area contributed by atoms with Crippen LogP contribution in [0.2, 0.25) is 5.02 Å². The molecule has 1 fully saturated rings. The standard InChI is InChI=1S/C15H22ClNO/c1-11(2)14-8-13(16)5-6-15(14)18-10-12-4-3-7-17-9-12/h5-6,8,11-12,17H,3-4,7,9-10H2,1-2H3. The second-order valence-electron chi connectivity index (χ2n) is 5.36. The molecular formula is C15H22ClNO. The molecule has 100 valence electrons. The van der Waals surface area contributed by atoms with Gasteiger partial charge in [0, 0.05) is 17.5 Å². The molecule has 0 amide bonds. The average molecular weight is 268 g/mol. The molecule has 0 spiro atoms. The summed E-state index contributed by atoms with van der Waals surface area (Å²) in [5.74, 6) is 2.05. The van der Waals surface area contributed by atoms with Crippen molar-refractivity contribution in [3.8, 4) is 5.75 Å². The van der Waals surface area contributed by atoms with Crippen LogP contribution in [0, 0.1) is 5.92 Å². The highest BCUT2D eigenvalue weighted by molar-refractivity contribution is 6.30. The van der Waals surface area contributed by atoms with E-state index in [0.717, 1.165) is 30.5 Å². The zero-order valence-electron chi connectivity index (χ0n) is 11.2. The summed E-state index contributed by atoms with van der Waals surface area (Å²) in [6, 6.07) is 5.91. The quantitative estimate of drug-likeness (QED) is 0.895. The Bertz CT molecular complexity index is 386. The maximum atomic E-state index is 6.04. The topological polar surface area (TPSA) is 21.3 Å². The molecule has 0 radical (unpaired) electrons. The summed E-state index contributed by atoms with van der Waals surface area (Å²) in [5.41, 5.74) is 1.20. The van der Waals surface area contributed by atoms with Crippen LogP contribution in [0.25, 0.3) is 0 Å². The Hall–Kier alpha value is -0.730. The van der Waals surface area contributed by atoms with Gasteiger partial charge in [-0.05, 0) is 49.1 Å². The van der Waals surface area contributed by atoms with E-state index in [1.165, 1.54) is 18.4 Å². The molecule has 0 bridgehead atoms. The first-order chi connectivity index (χ1) is 8.66. The summed E-state index contributed by atoms with van der Waals surface area (Å²) >= 11 is 6.04. The van der Waals surface area contributed by atoms with Gasteiger partial charge >= 0.3 is 0 Å². The largest absolute Gasteiger partial charge is 0.493 e. The predicted octanol–water partition coefficient (Wildman–Crippen LogP) is 3.84. The van der Waals surface area contributed by atoms with E-state index in [1.807, 2.05) is 18.2 Å². The molecule has 2 nitrogen and oxygen atoms in total. The molecule has 0 aromatic heterocycles. The van der Waals surface area contributed by atoms with E-state index in [-0.39, 0.29) is 0 Å². The fourth-order valence-electron chi connectivity index (χ4n) is 2.38. The van der Waals surface area contributed by atoms with Crippen molar-refractivity contribution in [1.29, 1.82) is 0 Å². The Labute approximate surface area is 115 Å². The number of benzene rings is 1. The second kappa shape index (κ2) is 6.44. The van der Waals surface area contributed by atoms with Crippen LogP contribution in [-0.4, -0.2) is 19.7 Å². The zero-order chi connectivity index (χ0) is 13.0. The van der Waals surface area contributed by atoms with Crippen molar-refractivity contribution in [3.05, 3.63) is 28.8 Å². The number of ether oxygens (including phenoxy) is 1. The summed E-state index contributed by atoms with van der Waals surface area (Å²) < 4.78 is 5.99. The maximum absolute atomic E-state index is 6.04. The SMILES string of the molecule is CC(C)c1cc(Cl)ccc1OCC1CCCNC1. The molecule has 1 N–H and O–H groups in total. The predicted molar refractivity (Wildman–Crippen MR) is 76.6 cm³/mol. The molecule has 18 heavy (non-hydrogen) atoms. The average Bonchev–Trinajstić information content (AvgIpc) is 2.38. The minimum Gasteiger partial charge on any atom is -0.493 e. The van der Waals surface area contributed by atoms with Crippen molar-refractivity contribution < 1.29 is 4.74 Å². The first kappa shape index (κ1) is 13.7. The van der Waals surface area contributed by atoms with Gasteiger partial charge in [0.05, 0.1) is 6.61 Å². The van der Waals surface area contributed by atoms with Gasteiger partial charge in [0.2, 0.25) is 0 Å². The lowest BCUT2D eigenvalue weighted by molar-refractivity contribution is 0.216. The molecule has 0 saturated carbocycles. The third kappa shape index (κ3) is 3.63. The molecule has 1 saturated heterocycles. The van der Waals surface area contributed by atoms with Gasteiger partial charge in [0.15, 0.2) is 0 Å². The van der Waals surface area contributed by atoms with Crippen LogP contribution in [0.4, 0.5) is 0 Å². The molecule has 1 heterocycles. The van der Waals surface area contributed by atoms with E-state index in [1.54, 1.807) is 0 Å². The van der Waals surface area contributed by atoms with Crippen LogP contribution in [0.15, 0.2) is 18.2 Å². The number of hydrogen-bond donors (Lipinski definition) is 1. The Kier molecular flexibility index (Phi) is 4.90. The van der Waals surface area contributed by atoms with Crippen LogP contribution >= 0.6 is 11.6 Å². The Balaban J connectivity index is 1.99. The third-order valence-electron chi connectivity index (χ3n) is 3.47. The number of halogens is 1. The lowest BCUT2D eigenvalue weighted by Crippen LogP contribution is -2.33. The molecule has 1 unspecified atom stereocenters. The monoisotopic (exact) mass is 267 g/mol. The van der Waals surface area contributed by atoms with E-state index >= 15 is 0 Å². The van der Waals surface area contributed by atoms with Crippen LogP contribution in [0.5, 0.6) is 5.75 Å². The minimum atomic E-state index is 0.434. The van der Waals surface area contributed by atoms with Gasteiger partial charge in [-0.15, -0.1) is 0 Å². The smallest absolute Gasteiger partial charge is 0.122 e.